The molecule has 0 aliphatic carbocycles. The summed E-state index contributed by atoms with van der Waals surface area (Å²) in [6.07, 6.45) is 5.83. The van der Waals surface area contributed by atoms with Crippen molar-refractivity contribution < 1.29 is 19.8 Å². The zero-order valence-corrected chi connectivity index (χ0v) is 14.4. The lowest BCUT2D eigenvalue weighted by Crippen LogP contribution is -2.26. The highest BCUT2D eigenvalue weighted by molar-refractivity contribution is 8.38. The van der Waals surface area contributed by atoms with Crippen LogP contribution < -0.4 is 5.48 Å². The molecular formula is C17H23NO4S. The molecule has 2 rings (SSSR count). The lowest BCUT2D eigenvalue weighted by Gasteiger charge is -2.27. The maximum Gasteiger partial charge on any atom is 0.364 e. The highest BCUT2D eigenvalue weighted by Gasteiger charge is 2.27. The Balaban J connectivity index is 2.06. The zero-order chi connectivity index (χ0) is 17.0. The summed E-state index contributed by atoms with van der Waals surface area (Å²) in [4.78, 5) is 17.1. The Kier molecular flexibility index (Phi) is 5.38. The maximum atomic E-state index is 12.1. The highest BCUT2D eigenvalue weighted by atomic mass is 32.3. The molecule has 5 nitrogen and oxygen atoms in total. The number of carbonyl (C=O) groups excluding carboxylic acids is 1. The van der Waals surface area contributed by atoms with Crippen LogP contribution in [0.1, 0.15) is 30.6 Å². The Hall–Kier alpha value is -1.92. The van der Waals surface area contributed by atoms with Gasteiger partial charge in [0.1, 0.15) is 10.8 Å². The number of hydrogen-bond donors (Lipinski definition) is 3. The summed E-state index contributed by atoms with van der Waals surface area (Å²) in [7, 11) is -1.36. The minimum Gasteiger partial charge on any atom is -0.505 e. The van der Waals surface area contributed by atoms with E-state index in [1.807, 2.05) is 37.0 Å². The van der Waals surface area contributed by atoms with Gasteiger partial charge in [0, 0.05) is 0 Å². The summed E-state index contributed by atoms with van der Waals surface area (Å²) in [6.45, 7) is 2.04. The normalized spacial score (nSPS) is 18.6. The lowest BCUT2D eigenvalue weighted by molar-refractivity contribution is -0.159. The van der Waals surface area contributed by atoms with Crippen molar-refractivity contribution in [2.75, 3.05) is 12.5 Å². The first-order valence-electron chi connectivity index (χ1n) is 7.44. The number of allylic oxidation sites excluding steroid dienone is 1. The number of hydrogen-bond acceptors (Lipinski definition) is 5. The molecule has 0 saturated heterocycles. The monoisotopic (exact) mass is 337 g/mol. The van der Waals surface area contributed by atoms with Crippen molar-refractivity contribution in [2.24, 2.45) is 0 Å². The van der Waals surface area contributed by atoms with Crippen molar-refractivity contribution >= 4 is 16.0 Å². The van der Waals surface area contributed by atoms with Gasteiger partial charge in [-0.1, -0.05) is 37.6 Å². The summed E-state index contributed by atoms with van der Waals surface area (Å²) < 4.78 is 0. The van der Waals surface area contributed by atoms with Gasteiger partial charge in [-0.15, -0.1) is 0 Å². The van der Waals surface area contributed by atoms with Gasteiger partial charge in [-0.2, -0.15) is 10.0 Å². The molecule has 126 valence electrons. The average molecular weight is 337 g/mol. The van der Waals surface area contributed by atoms with Gasteiger partial charge in [0.15, 0.2) is 6.10 Å². The molecule has 23 heavy (non-hydrogen) atoms. The van der Waals surface area contributed by atoms with E-state index in [2.05, 4.69) is 5.48 Å². The molecule has 0 radical (unpaired) electrons. The first-order chi connectivity index (χ1) is 10.9. The van der Waals surface area contributed by atoms with Gasteiger partial charge in [-0.3, -0.25) is 0 Å². The van der Waals surface area contributed by atoms with Crippen LogP contribution in [0.2, 0.25) is 0 Å². The summed E-state index contributed by atoms with van der Waals surface area (Å²) in [6, 6.07) is 7.27. The van der Waals surface area contributed by atoms with Gasteiger partial charge >= 0.3 is 5.97 Å². The van der Waals surface area contributed by atoms with Crippen LogP contribution in [0.25, 0.3) is 0 Å². The van der Waals surface area contributed by atoms with Crippen LogP contribution in [0.4, 0.5) is 0 Å². The smallest absolute Gasteiger partial charge is 0.364 e. The number of nitrogens with one attached hydrogen (secondary N) is 1. The SMILES string of the molecule is CCCc1ccccc1C(O)C(=O)ONC1=C(O)C=CS1(C)C. The Morgan fingerprint density at radius 1 is 1.35 bits per heavy atom. The van der Waals surface area contributed by atoms with Crippen LogP contribution in [-0.2, 0) is 16.1 Å². The lowest BCUT2D eigenvalue weighted by atomic mass is 9.99. The van der Waals surface area contributed by atoms with E-state index in [0.717, 1.165) is 18.4 Å². The van der Waals surface area contributed by atoms with Gasteiger partial charge in [-0.05, 0) is 41.5 Å². The standard InChI is InChI=1S/C17H23NO4S/c1-4-7-12-8-5-6-9-13(12)15(20)17(21)22-18-16-14(19)10-11-23(16,2)3/h5-6,8-11,15,18-20H,4,7H2,1-3H3. The van der Waals surface area contributed by atoms with Crippen LogP contribution >= 0.6 is 10.0 Å². The van der Waals surface area contributed by atoms with E-state index in [1.54, 1.807) is 18.2 Å². The fraction of sp³-hybridized carbons (Fsp3) is 0.353. The molecule has 1 aliphatic heterocycles. The van der Waals surface area contributed by atoms with E-state index in [-0.39, 0.29) is 5.76 Å². The number of benzene rings is 1. The third-order valence-corrected chi connectivity index (χ3v) is 5.82. The Morgan fingerprint density at radius 2 is 2.04 bits per heavy atom. The molecule has 6 heteroatoms. The molecule has 1 aromatic carbocycles. The van der Waals surface area contributed by atoms with E-state index in [0.29, 0.717) is 10.6 Å². The molecule has 3 N–H and O–H groups in total. The first kappa shape index (κ1) is 17.4. The third-order valence-electron chi connectivity index (χ3n) is 3.66. The van der Waals surface area contributed by atoms with E-state index < -0.39 is 22.1 Å². The van der Waals surface area contributed by atoms with Crippen molar-refractivity contribution in [1.82, 2.24) is 5.48 Å². The van der Waals surface area contributed by atoms with Crippen molar-refractivity contribution in [3.8, 4) is 0 Å². The molecule has 0 aromatic heterocycles. The van der Waals surface area contributed by atoms with Gasteiger partial charge in [0.05, 0.1) is 0 Å². The number of aliphatic hydroxyl groups is 2. The average Bonchev–Trinajstić information content (AvgIpc) is 2.78. The molecular weight excluding hydrogens is 314 g/mol. The fourth-order valence-corrected chi connectivity index (χ4v) is 3.85. The molecule has 1 unspecified atom stereocenters. The largest absolute Gasteiger partial charge is 0.505 e. The number of aliphatic hydroxyl groups excluding tert-OH is 2. The third kappa shape index (κ3) is 3.89. The molecule has 0 bridgehead atoms. The van der Waals surface area contributed by atoms with Gasteiger partial charge in [0.2, 0.25) is 0 Å². The quantitative estimate of drug-likeness (QED) is 0.695. The van der Waals surface area contributed by atoms with Crippen molar-refractivity contribution in [1.29, 1.82) is 0 Å². The van der Waals surface area contributed by atoms with Crippen LogP contribution in [0.3, 0.4) is 0 Å². The Bertz CT molecular complexity index is 652. The first-order valence-corrected chi connectivity index (χ1v) is 9.95. The molecule has 0 spiro atoms. The second-order valence-electron chi connectivity index (χ2n) is 5.80. The van der Waals surface area contributed by atoms with E-state index in [9.17, 15) is 15.0 Å². The molecule has 1 heterocycles. The summed E-state index contributed by atoms with van der Waals surface area (Å²) >= 11 is 0. The fourth-order valence-electron chi connectivity index (χ4n) is 2.38. The van der Waals surface area contributed by atoms with E-state index in [4.69, 9.17) is 4.84 Å². The Labute approximate surface area is 137 Å². The zero-order valence-electron chi connectivity index (χ0n) is 13.6. The molecule has 1 atom stereocenters. The van der Waals surface area contributed by atoms with E-state index in [1.165, 1.54) is 0 Å². The summed E-state index contributed by atoms with van der Waals surface area (Å²) in [5.74, 6) is -0.741. The molecule has 1 aliphatic rings. The van der Waals surface area contributed by atoms with Crippen molar-refractivity contribution in [3.63, 3.8) is 0 Å². The molecule has 1 aromatic rings. The maximum absolute atomic E-state index is 12.1. The summed E-state index contributed by atoms with van der Waals surface area (Å²) in [5.41, 5.74) is 4.00. The number of aryl methyl sites for hydroxylation is 1. The summed E-state index contributed by atoms with van der Waals surface area (Å²) in [5, 5.41) is 22.4. The molecule has 0 saturated carbocycles. The second-order valence-corrected chi connectivity index (χ2v) is 9.29. The molecule has 0 fully saturated rings. The second kappa shape index (κ2) is 7.10. The predicted octanol–water partition coefficient (Wildman–Crippen LogP) is 3.04. The van der Waals surface area contributed by atoms with Gasteiger partial charge in [0.25, 0.3) is 0 Å². The highest BCUT2D eigenvalue weighted by Crippen LogP contribution is 2.53. The van der Waals surface area contributed by atoms with Crippen LogP contribution in [0.15, 0.2) is 46.5 Å². The van der Waals surface area contributed by atoms with Crippen molar-refractivity contribution in [3.05, 3.63) is 57.7 Å². The minimum atomic E-state index is -1.36. The van der Waals surface area contributed by atoms with Crippen LogP contribution in [-0.4, -0.2) is 28.7 Å². The number of rotatable bonds is 6. The van der Waals surface area contributed by atoms with Gasteiger partial charge < -0.3 is 15.1 Å². The van der Waals surface area contributed by atoms with Crippen LogP contribution in [0.5, 0.6) is 0 Å². The molecule has 0 amide bonds. The number of hydroxylamine groups is 1. The van der Waals surface area contributed by atoms with E-state index >= 15 is 0 Å². The Morgan fingerprint density at radius 3 is 2.65 bits per heavy atom. The number of carbonyl (C=O) groups is 1. The topological polar surface area (TPSA) is 78.8 Å². The van der Waals surface area contributed by atoms with Crippen LogP contribution in [0, 0.1) is 0 Å². The minimum absolute atomic E-state index is 0.0543. The van der Waals surface area contributed by atoms with Crippen molar-refractivity contribution in [2.45, 2.75) is 25.9 Å². The van der Waals surface area contributed by atoms with Gasteiger partial charge in [-0.25, -0.2) is 10.3 Å². The predicted molar refractivity (Wildman–Crippen MR) is 92.9 cm³/mol.